The van der Waals surface area contributed by atoms with Gasteiger partial charge in [-0.1, -0.05) is 0 Å². The molecule has 6 rings (SSSR count). The molecule has 7 heteroatoms. The summed E-state index contributed by atoms with van der Waals surface area (Å²) in [5.41, 5.74) is 2.36. The maximum atomic E-state index is 13.4. The van der Waals surface area contributed by atoms with Crippen LogP contribution in [0, 0.1) is 5.92 Å². The monoisotopic (exact) mass is 379 g/mol. The molecule has 146 valence electrons. The van der Waals surface area contributed by atoms with Crippen molar-refractivity contribution < 1.29 is 9.21 Å². The van der Waals surface area contributed by atoms with Crippen LogP contribution in [0.2, 0.25) is 0 Å². The number of carbonyl (C=O) groups is 1. The fraction of sp³-hybridized carbons (Fsp3) is 0.476. The number of carbonyl (C=O) groups excluding carboxylic acids is 1. The molecule has 0 spiro atoms. The molecule has 3 aliphatic heterocycles. The van der Waals surface area contributed by atoms with Crippen molar-refractivity contribution in [2.75, 3.05) is 26.7 Å². The number of aromatic nitrogens is 3. The number of oxazole rings is 1. The van der Waals surface area contributed by atoms with Crippen molar-refractivity contribution in [3.8, 4) is 11.5 Å². The summed E-state index contributed by atoms with van der Waals surface area (Å²) in [5.74, 6) is 1.19. The standard InChI is InChI=1S/C21H25N5O2/c1-3-26-17-12-15(20-22-8-11-28-20)4-5-16(17)19(23-26)21(27)24(2)18-13-25-9-6-14(18)7-10-25/h4-5,8,11-12,14,18H,3,6-7,9-10,13H2,1-2H3/t18-/m0/s1. The number of piperidine rings is 3. The first-order chi connectivity index (χ1) is 13.7. The highest BCUT2D eigenvalue weighted by atomic mass is 16.3. The third-order valence-electron chi connectivity index (χ3n) is 6.37. The van der Waals surface area contributed by atoms with Crippen LogP contribution in [0.5, 0.6) is 0 Å². The van der Waals surface area contributed by atoms with Crippen LogP contribution in [-0.4, -0.2) is 63.2 Å². The Morgan fingerprint density at radius 2 is 2.14 bits per heavy atom. The molecule has 1 atom stereocenters. The number of hydrogen-bond donors (Lipinski definition) is 0. The van der Waals surface area contributed by atoms with Crippen LogP contribution < -0.4 is 0 Å². The highest BCUT2D eigenvalue weighted by Gasteiger charge is 2.38. The van der Waals surface area contributed by atoms with Crippen molar-refractivity contribution in [2.24, 2.45) is 5.92 Å². The normalized spacial score (nSPS) is 24.0. The zero-order valence-corrected chi connectivity index (χ0v) is 16.3. The quantitative estimate of drug-likeness (QED) is 0.697. The van der Waals surface area contributed by atoms with E-state index < -0.39 is 0 Å². The fourth-order valence-electron chi connectivity index (χ4n) is 4.76. The highest BCUT2D eigenvalue weighted by Crippen LogP contribution is 2.32. The third kappa shape index (κ3) is 2.73. The van der Waals surface area contributed by atoms with Gasteiger partial charge in [-0.25, -0.2) is 4.98 Å². The Morgan fingerprint density at radius 1 is 1.32 bits per heavy atom. The van der Waals surface area contributed by atoms with Crippen LogP contribution in [-0.2, 0) is 6.54 Å². The lowest BCUT2D eigenvalue weighted by Crippen LogP contribution is -2.57. The predicted octanol–water partition coefficient (Wildman–Crippen LogP) is 2.88. The van der Waals surface area contributed by atoms with Crippen molar-refractivity contribution in [1.82, 2.24) is 24.6 Å². The predicted molar refractivity (Wildman–Crippen MR) is 106 cm³/mol. The molecule has 2 bridgehead atoms. The molecule has 0 N–H and O–H groups in total. The van der Waals surface area contributed by atoms with Gasteiger partial charge in [0.1, 0.15) is 6.26 Å². The number of likely N-dealkylation sites (N-methyl/N-ethyl adjacent to an activating group) is 1. The number of hydrogen-bond acceptors (Lipinski definition) is 5. The molecule has 3 aliphatic rings. The molecule has 0 aliphatic carbocycles. The van der Waals surface area contributed by atoms with Crippen LogP contribution in [0.25, 0.3) is 22.4 Å². The van der Waals surface area contributed by atoms with E-state index in [2.05, 4.69) is 15.0 Å². The number of nitrogens with zero attached hydrogens (tertiary/aromatic N) is 5. The zero-order chi connectivity index (χ0) is 19.3. The Bertz CT molecular complexity index is 1000. The molecular formula is C21H25N5O2. The minimum atomic E-state index is 0.0137. The van der Waals surface area contributed by atoms with Gasteiger partial charge in [0.25, 0.3) is 5.91 Å². The lowest BCUT2D eigenvalue weighted by Gasteiger charge is -2.47. The first-order valence-electron chi connectivity index (χ1n) is 10.1. The van der Waals surface area contributed by atoms with Crippen LogP contribution in [0.3, 0.4) is 0 Å². The molecule has 28 heavy (non-hydrogen) atoms. The molecule has 3 aromatic rings. The molecule has 2 aromatic heterocycles. The van der Waals surface area contributed by atoms with E-state index in [1.807, 2.05) is 41.8 Å². The van der Waals surface area contributed by atoms with Gasteiger partial charge in [-0.05, 0) is 57.0 Å². The van der Waals surface area contributed by atoms with E-state index in [1.165, 1.54) is 25.9 Å². The molecule has 0 unspecified atom stereocenters. The smallest absolute Gasteiger partial charge is 0.275 e. The minimum Gasteiger partial charge on any atom is -0.445 e. The van der Waals surface area contributed by atoms with Crippen molar-refractivity contribution >= 4 is 16.8 Å². The molecule has 3 fully saturated rings. The van der Waals surface area contributed by atoms with Crippen LogP contribution in [0.1, 0.15) is 30.3 Å². The summed E-state index contributed by atoms with van der Waals surface area (Å²) in [5, 5.41) is 5.55. The maximum Gasteiger partial charge on any atom is 0.275 e. The number of rotatable bonds is 4. The molecular weight excluding hydrogens is 354 g/mol. The average molecular weight is 379 g/mol. The van der Waals surface area contributed by atoms with Gasteiger partial charge in [0.05, 0.1) is 11.7 Å². The largest absolute Gasteiger partial charge is 0.445 e. The summed E-state index contributed by atoms with van der Waals surface area (Å²) in [6.07, 6.45) is 5.57. The van der Waals surface area contributed by atoms with Crippen LogP contribution in [0.4, 0.5) is 0 Å². The fourth-order valence-corrected chi connectivity index (χ4v) is 4.76. The molecule has 7 nitrogen and oxygen atoms in total. The number of fused-ring (bicyclic) bond motifs is 4. The van der Waals surface area contributed by atoms with Gasteiger partial charge >= 0.3 is 0 Å². The van der Waals surface area contributed by atoms with Gasteiger partial charge in [0, 0.05) is 37.1 Å². The second-order valence-electron chi connectivity index (χ2n) is 7.85. The number of aryl methyl sites for hydroxylation is 1. The number of amides is 1. The van der Waals surface area contributed by atoms with Gasteiger partial charge < -0.3 is 14.2 Å². The second kappa shape index (κ2) is 6.74. The summed E-state index contributed by atoms with van der Waals surface area (Å²) < 4.78 is 7.31. The lowest BCUT2D eigenvalue weighted by molar-refractivity contribution is 0.0160. The topological polar surface area (TPSA) is 67.4 Å². The Balaban J connectivity index is 1.50. The first-order valence-corrected chi connectivity index (χ1v) is 10.1. The number of benzene rings is 1. The summed E-state index contributed by atoms with van der Waals surface area (Å²) in [7, 11) is 1.94. The lowest BCUT2D eigenvalue weighted by atomic mass is 9.83. The first kappa shape index (κ1) is 17.4. The van der Waals surface area contributed by atoms with Gasteiger partial charge in [-0.2, -0.15) is 5.10 Å². The SMILES string of the molecule is CCn1nc(C(=O)N(C)[C@H]2CN3CCC2CC3)c2ccc(-c3ncco3)cc21. The van der Waals surface area contributed by atoms with Crippen molar-refractivity contribution in [2.45, 2.75) is 32.4 Å². The summed E-state index contributed by atoms with van der Waals surface area (Å²) >= 11 is 0. The Morgan fingerprint density at radius 3 is 2.79 bits per heavy atom. The summed E-state index contributed by atoms with van der Waals surface area (Å²) in [4.78, 5) is 22.0. The van der Waals surface area contributed by atoms with E-state index in [0.717, 1.165) is 23.0 Å². The van der Waals surface area contributed by atoms with E-state index in [0.29, 0.717) is 24.0 Å². The van der Waals surface area contributed by atoms with Crippen molar-refractivity contribution in [1.29, 1.82) is 0 Å². The highest BCUT2D eigenvalue weighted by molar-refractivity contribution is 6.05. The molecule has 1 aromatic carbocycles. The van der Waals surface area contributed by atoms with E-state index in [-0.39, 0.29) is 11.9 Å². The minimum absolute atomic E-state index is 0.0137. The summed E-state index contributed by atoms with van der Waals surface area (Å²) in [6.45, 7) is 6.05. The van der Waals surface area contributed by atoms with Crippen molar-refractivity contribution in [3.05, 3.63) is 36.4 Å². The molecule has 0 radical (unpaired) electrons. The second-order valence-corrected chi connectivity index (χ2v) is 7.85. The molecule has 3 saturated heterocycles. The summed E-state index contributed by atoms with van der Waals surface area (Å²) in [6, 6.07) is 6.19. The Hall–Kier alpha value is -2.67. The van der Waals surface area contributed by atoms with E-state index in [9.17, 15) is 4.79 Å². The van der Waals surface area contributed by atoms with Gasteiger partial charge in [-0.15, -0.1) is 0 Å². The van der Waals surface area contributed by atoms with E-state index in [1.54, 1.807) is 12.5 Å². The maximum absolute atomic E-state index is 13.4. The van der Waals surface area contributed by atoms with Gasteiger partial charge in [0.2, 0.25) is 5.89 Å². The zero-order valence-electron chi connectivity index (χ0n) is 16.3. The van der Waals surface area contributed by atoms with Crippen LogP contribution in [0.15, 0.2) is 35.1 Å². The molecule has 5 heterocycles. The van der Waals surface area contributed by atoms with Gasteiger partial charge in [0.15, 0.2) is 5.69 Å². The molecule has 1 amide bonds. The Labute approximate surface area is 163 Å². The van der Waals surface area contributed by atoms with E-state index >= 15 is 0 Å². The average Bonchev–Trinajstić information content (AvgIpc) is 3.41. The van der Waals surface area contributed by atoms with Crippen LogP contribution >= 0.6 is 0 Å². The Kier molecular flexibility index (Phi) is 4.19. The van der Waals surface area contributed by atoms with E-state index in [4.69, 9.17) is 4.42 Å². The van der Waals surface area contributed by atoms with Gasteiger partial charge in [-0.3, -0.25) is 9.48 Å². The third-order valence-corrected chi connectivity index (χ3v) is 6.37. The van der Waals surface area contributed by atoms with Crippen molar-refractivity contribution in [3.63, 3.8) is 0 Å². The molecule has 0 saturated carbocycles.